The Labute approximate surface area is 248 Å². The number of benzene rings is 3. The summed E-state index contributed by atoms with van der Waals surface area (Å²) in [5.41, 5.74) is 3.81. The van der Waals surface area contributed by atoms with Crippen LogP contribution >= 0.6 is 12.2 Å². The summed E-state index contributed by atoms with van der Waals surface area (Å²) >= 11 is 5.24. The minimum atomic E-state index is -3.87. The van der Waals surface area contributed by atoms with Gasteiger partial charge in [-0.25, -0.2) is 13.6 Å². The number of sulfonamides is 1. The van der Waals surface area contributed by atoms with E-state index < -0.39 is 10.0 Å². The standard InChI is InChI=1S/C32H38N4O3S2/c1-2-30(40)35-32(33)27-12-8-11-25(19-27)22-36(21-24-9-4-3-5-10-24)31(37)20-23-15-17-26(18-16-23)28-13-6-7-14-29(28)41(34,38)39/h6-8,11-19,24H,2-5,9-10,20-22H2,1H3,(H2,33,35,40)(H2,34,38,39). The minimum Gasteiger partial charge on any atom is -0.338 e. The smallest absolute Gasteiger partial charge is 0.238 e. The molecule has 0 unspecified atom stereocenters. The van der Waals surface area contributed by atoms with Crippen molar-refractivity contribution in [3.05, 3.63) is 89.5 Å². The van der Waals surface area contributed by atoms with Crippen LogP contribution in [-0.4, -0.2) is 36.6 Å². The topological polar surface area (TPSA) is 116 Å². The Bertz CT molecular complexity index is 1500. The van der Waals surface area contributed by atoms with E-state index in [1.165, 1.54) is 25.3 Å². The van der Waals surface area contributed by atoms with E-state index in [-0.39, 0.29) is 23.1 Å². The number of hydrogen-bond donors (Lipinski definition) is 3. The van der Waals surface area contributed by atoms with Gasteiger partial charge in [0.1, 0.15) is 5.84 Å². The molecule has 3 aromatic rings. The van der Waals surface area contributed by atoms with Crippen molar-refractivity contribution in [1.29, 1.82) is 5.41 Å². The van der Waals surface area contributed by atoms with E-state index >= 15 is 0 Å². The number of carbonyl (C=O) groups is 1. The number of primary sulfonamides is 1. The lowest BCUT2D eigenvalue weighted by Gasteiger charge is -2.30. The molecule has 0 radical (unpaired) electrons. The van der Waals surface area contributed by atoms with Crippen molar-refractivity contribution in [2.24, 2.45) is 11.1 Å². The predicted octanol–water partition coefficient (Wildman–Crippen LogP) is 5.80. The van der Waals surface area contributed by atoms with Crippen LogP contribution in [0, 0.1) is 11.3 Å². The third-order valence-corrected chi connectivity index (χ3v) is 8.90. The molecule has 4 rings (SSSR count). The number of nitrogens with zero attached hydrogens (tertiary/aromatic N) is 1. The van der Waals surface area contributed by atoms with Crippen LogP contribution in [0.1, 0.15) is 62.1 Å². The predicted molar refractivity (Wildman–Crippen MR) is 168 cm³/mol. The molecular formula is C32H38N4O3S2. The summed E-state index contributed by atoms with van der Waals surface area (Å²) in [5.74, 6) is 0.779. The van der Waals surface area contributed by atoms with E-state index in [9.17, 15) is 13.2 Å². The van der Waals surface area contributed by atoms with Gasteiger partial charge in [-0.1, -0.05) is 99.1 Å². The number of nitrogens with one attached hydrogen (secondary N) is 2. The Morgan fingerprint density at radius 1 is 1.00 bits per heavy atom. The summed E-state index contributed by atoms with van der Waals surface area (Å²) < 4.78 is 24.1. The lowest BCUT2D eigenvalue weighted by Crippen LogP contribution is -2.36. The second kappa shape index (κ2) is 14.0. The molecule has 1 fully saturated rings. The first-order valence-corrected chi connectivity index (χ1v) is 16.1. The first-order valence-electron chi connectivity index (χ1n) is 14.1. The Kier molecular flexibility index (Phi) is 10.4. The van der Waals surface area contributed by atoms with Crippen LogP contribution in [-0.2, 0) is 27.8 Å². The fourth-order valence-electron chi connectivity index (χ4n) is 5.32. The van der Waals surface area contributed by atoms with Crippen molar-refractivity contribution in [1.82, 2.24) is 10.2 Å². The van der Waals surface area contributed by atoms with Crippen LogP contribution in [0.15, 0.2) is 77.7 Å². The van der Waals surface area contributed by atoms with Gasteiger partial charge in [0.25, 0.3) is 0 Å². The molecule has 0 atom stereocenters. The van der Waals surface area contributed by atoms with Crippen LogP contribution in [0.3, 0.4) is 0 Å². The number of thiocarbonyl (C=S) groups is 1. The molecule has 0 aliphatic heterocycles. The molecule has 0 saturated heterocycles. The van der Waals surface area contributed by atoms with Crippen molar-refractivity contribution < 1.29 is 13.2 Å². The zero-order valence-electron chi connectivity index (χ0n) is 23.4. The maximum absolute atomic E-state index is 13.7. The van der Waals surface area contributed by atoms with Crippen LogP contribution < -0.4 is 10.5 Å². The molecule has 0 bridgehead atoms. The van der Waals surface area contributed by atoms with Crippen LogP contribution in [0.5, 0.6) is 0 Å². The van der Waals surface area contributed by atoms with Gasteiger partial charge in [0.05, 0.1) is 16.3 Å². The molecule has 7 nitrogen and oxygen atoms in total. The van der Waals surface area contributed by atoms with Gasteiger partial charge in [-0.3, -0.25) is 10.2 Å². The first kappa shape index (κ1) is 30.6. The largest absolute Gasteiger partial charge is 0.338 e. The van der Waals surface area contributed by atoms with Gasteiger partial charge in [0.15, 0.2) is 0 Å². The van der Waals surface area contributed by atoms with E-state index in [0.717, 1.165) is 35.1 Å². The molecule has 216 valence electrons. The minimum absolute atomic E-state index is 0.0408. The SMILES string of the molecule is CCC(=S)NC(=N)c1cccc(CN(CC2CCCCC2)C(=O)Cc2ccc(-c3ccccc3S(N)(=O)=O)cc2)c1. The van der Waals surface area contributed by atoms with Crippen molar-refractivity contribution in [3.63, 3.8) is 0 Å². The second-order valence-corrected chi connectivity index (χ2v) is 12.7. The van der Waals surface area contributed by atoms with Gasteiger partial charge in [0, 0.05) is 24.2 Å². The van der Waals surface area contributed by atoms with E-state index in [1.54, 1.807) is 18.2 Å². The number of nitrogens with two attached hydrogens (primary N) is 1. The summed E-state index contributed by atoms with van der Waals surface area (Å²) in [5, 5.41) is 16.8. The molecule has 0 spiro atoms. The summed E-state index contributed by atoms with van der Waals surface area (Å²) in [6.07, 6.45) is 6.82. The fraction of sp³-hybridized carbons (Fsp3) is 0.344. The lowest BCUT2D eigenvalue weighted by molar-refractivity contribution is -0.132. The van der Waals surface area contributed by atoms with Crippen molar-refractivity contribution in [2.45, 2.75) is 63.3 Å². The maximum Gasteiger partial charge on any atom is 0.238 e. The van der Waals surface area contributed by atoms with Gasteiger partial charge < -0.3 is 10.2 Å². The highest BCUT2D eigenvalue weighted by molar-refractivity contribution is 7.89. The van der Waals surface area contributed by atoms with Gasteiger partial charge >= 0.3 is 0 Å². The monoisotopic (exact) mass is 590 g/mol. The van der Waals surface area contributed by atoms with E-state index in [4.69, 9.17) is 22.8 Å². The van der Waals surface area contributed by atoms with E-state index in [2.05, 4.69) is 5.32 Å². The molecule has 1 aliphatic rings. The summed E-state index contributed by atoms with van der Waals surface area (Å²) in [7, 11) is -3.87. The molecule has 4 N–H and O–H groups in total. The second-order valence-electron chi connectivity index (χ2n) is 10.7. The number of rotatable bonds is 10. The third kappa shape index (κ3) is 8.55. The van der Waals surface area contributed by atoms with E-state index in [0.29, 0.717) is 36.0 Å². The van der Waals surface area contributed by atoms with Gasteiger partial charge in [-0.2, -0.15) is 0 Å². The fourth-order valence-corrected chi connectivity index (χ4v) is 6.19. The molecule has 41 heavy (non-hydrogen) atoms. The molecule has 1 saturated carbocycles. The van der Waals surface area contributed by atoms with Gasteiger partial charge in [-0.15, -0.1) is 0 Å². The molecule has 0 aromatic heterocycles. The molecule has 9 heteroatoms. The zero-order chi connectivity index (χ0) is 29.4. The Morgan fingerprint density at radius 2 is 1.71 bits per heavy atom. The van der Waals surface area contributed by atoms with Gasteiger partial charge in [-0.05, 0) is 54.0 Å². The third-order valence-electron chi connectivity index (χ3n) is 7.54. The highest BCUT2D eigenvalue weighted by Gasteiger charge is 2.22. The molecular weight excluding hydrogens is 553 g/mol. The van der Waals surface area contributed by atoms with Crippen molar-refractivity contribution in [2.75, 3.05) is 6.54 Å². The quantitative estimate of drug-likeness (QED) is 0.157. The molecule has 0 heterocycles. The Hall–Kier alpha value is -3.40. The van der Waals surface area contributed by atoms with Crippen LogP contribution in [0.2, 0.25) is 0 Å². The Morgan fingerprint density at radius 3 is 2.39 bits per heavy atom. The maximum atomic E-state index is 13.7. The number of carbonyl (C=O) groups excluding carboxylic acids is 1. The number of hydrogen-bond acceptors (Lipinski definition) is 5. The number of amidine groups is 1. The van der Waals surface area contributed by atoms with Gasteiger partial charge in [0.2, 0.25) is 15.9 Å². The molecule has 1 aliphatic carbocycles. The summed E-state index contributed by atoms with van der Waals surface area (Å²) in [6, 6.07) is 21.8. The normalized spacial score (nSPS) is 13.9. The lowest BCUT2D eigenvalue weighted by atomic mass is 9.88. The first-order chi connectivity index (χ1) is 19.6. The van der Waals surface area contributed by atoms with Crippen molar-refractivity contribution >= 4 is 39.0 Å². The number of amides is 1. The van der Waals surface area contributed by atoms with E-state index in [1.807, 2.05) is 60.4 Å². The average Bonchev–Trinajstić information content (AvgIpc) is 2.97. The zero-order valence-corrected chi connectivity index (χ0v) is 25.1. The molecule has 3 aromatic carbocycles. The summed E-state index contributed by atoms with van der Waals surface area (Å²) in [6.45, 7) is 3.12. The Balaban J connectivity index is 1.52. The van der Waals surface area contributed by atoms with Crippen LogP contribution in [0.4, 0.5) is 0 Å². The van der Waals surface area contributed by atoms with Crippen LogP contribution in [0.25, 0.3) is 11.1 Å². The average molecular weight is 591 g/mol. The summed E-state index contributed by atoms with van der Waals surface area (Å²) in [4.78, 5) is 16.3. The van der Waals surface area contributed by atoms with Crippen molar-refractivity contribution in [3.8, 4) is 11.1 Å². The highest BCUT2D eigenvalue weighted by Crippen LogP contribution is 2.28. The highest BCUT2D eigenvalue weighted by atomic mass is 32.2. The molecule has 1 amide bonds.